The van der Waals surface area contributed by atoms with Crippen molar-refractivity contribution < 1.29 is 4.79 Å². The second-order valence-electron chi connectivity index (χ2n) is 6.08. The Balaban J connectivity index is 0.00000312. The Kier molecular flexibility index (Phi) is 7.02. The van der Waals surface area contributed by atoms with E-state index in [0.717, 1.165) is 5.69 Å². The fourth-order valence-corrected chi connectivity index (χ4v) is 2.91. The summed E-state index contributed by atoms with van der Waals surface area (Å²) in [5.74, 6) is -0.194. The Morgan fingerprint density at radius 1 is 1.20 bits per heavy atom. The number of benzene rings is 1. The van der Waals surface area contributed by atoms with Crippen molar-refractivity contribution in [1.29, 1.82) is 0 Å². The number of hydrogen-bond donors (Lipinski definition) is 2. The molecule has 7 heteroatoms. The topological polar surface area (TPSA) is 82.1 Å². The van der Waals surface area contributed by atoms with Gasteiger partial charge in [-0.25, -0.2) is 4.68 Å². The van der Waals surface area contributed by atoms with Gasteiger partial charge >= 0.3 is 0 Å². The van der Waals surface area contributed by atoms with Crippen LogP contribution in [0.4, 0.5) is 5.69 Å². The molecule has 3 N–H and O–H groups in total. The molecule has 0 aliphatic heterocycles. The van der Waals surface area contributed by atoms with Gasteiger partial charge in [-0.2, -0.15) is 0 Å². The maximum absolute atomic E-state index is 12.8. The predicted molar refractivity (Wildman–Crippen MR) is 104 cm³/mol. The fraction of sp³-hybridized carbons (Fsp3) is 0.444. The van der Waals surface area contributed by atoms with Gasteiger partial charge in [-0.3, -0.25) is 14.3 Å². The van der Waals surface area contributed by atoms with E-state index in [-0.39, 0.29) is 30.4 Å². The highest BCUT2D eigenvalue weighted by Gasteiger charge is 2.34. The standard InChI is InChI=1S/C18H26N4O2.ClH/c1-5-18(6-2,12-19)17(24)20-15-13(3)21(4)22(16(15)23)14-10-8-7-9-11-14;/h7-11H,5-6,12,19H2,1-4H3,(H,20,24);1H. The van der Waals surface area contributed by atoms with E-state index in [9.17, 15) is 9.59 Å². The van der Waals surface area contributed by atoms with E-state index in [1.807, 2.05) is 51.1 Å². The summed E-state index contributed by atoms with van der Waals surface area (Å²) in [6.45, 7) is 5.95. The molecule has 1 aromatic carbocycles. The molecule has 0 aliphatic rings. The van der Waals surface area contributed by atoms with Gasteiger partial charge in [-0.05, 0) is 31.9 Å². The molecule has 1 amide bonds. The summed E-state index contributed by atoms with van der Waals surface area (Å²) in [6.07, 6.45) is 1.26. The lowest BCUT2D eigenvalue weighted by Gasteiger charge is -2.28. The molecule has 0 spiro atoms. The zero-order valence-corrected chi connectivity index (χ0v) is 16.0. The smallest absolute Gasteiger partial charge is 0.295 e. The molecule has 0 aliphatic carbocycles. The Morgan fingerprint density at radius 3 is 2.24 bits per heavy atom. The quantitative estimate of drug-likeness (QED) is 0.824. The Morgan fingerprint density at radius 2 is 1.76 bits per heavy atom. The zero-order chi connectivity index (χ0) is 17.9. The van der Waals surface area contributed by atoms with E-state index >= 15 is 0 Å². The van der Waals surface area contributed by atoms with E-state index in [0.29, 0.717) is 24.2 Å². The van der Waals surface area contributed by atoms with Gasteiger partial charge in [-0.15, -0.1) is 12.4 Å². The van der Waals surface area contributed by atoms with Crippen LogP contribution in [0.5, 0.6) is 0 Å². The Labute approximate surface area is 154 Å². The molecule has 2 rings (SSSR count). The molecule has 1 aromatic heterocycles. The molecule has 2 aromatic rings. The third-order valence-electron chi connectivity index (χ3n) is 5.02. The van der Waals surface area contributed by atoms with Crippen LogP contribution in [0.1, 0.15) is 32.4 Å². The highest BCUT2D eigenvalue weighted by molar-refractivity contribution is 5.95. The van der Waals surface area contributed by atoms with Crippen LogP contribution < -0.4 is 16.6 Å². The highest BCUT2D eigenvalue weighted by atomic mass is 35.5. The molecule has 0 radical (unpaired) electrons. The number of carbonyl (C=O) groups is 1. The monoisotopic (exact) mass is 366 g/mol. The molecule has 0 saturated carbocycles. The normalized spacial score (nSPS) is 11.1. The van der Waals surface area contributed by atoms with Crippen LogP contribution in [-0.2, 0) is 11.8 Å². The molecule has 0 unspecified atom stereocenters. The second-order valence-corrected chi connectivity index (χ2v) is 6.08. The van der Waals surface area contributed by atoms with Crippen LogP contribution in [-0.4, -0.2) is 21.8 Å². The van der Waals surface area contributed by atoms with Gasteiger partial charge in [0.05, 0.1) is 16.8 Å². The predicted octanol–water partition coefficient (Wildman–Crippen LogP) is 2.61. The van der Waals surface area contributed by atoms with Gasteiger partial charge in [0.1, 0.15) is 5.69 Å². The van der Waals surface area contributed by atoms with Gasteiger partial charge in [0.2, 0.25) is 5.91 Å². The number of para-hydroxylation sites is 1. The number of amides is 1. The van der Waals surface area contributed by atoms with Crippen molar-refractivity contribution in [3.05, 3.63) is 46.4 Å². The van der Waals surface area contributed by atoms with Crippen molar-refractivity contribution in [2.75, 3.05) is 11.9 Å². The Bertz CT molecular complexity index is 768. The SMILES string of the molecule is CCC(CC)(CN)C(=O)Nc1c(C)n(C)n(-c2ccccc2)c1=O.Cl. The second kappa shape index (κ2) is 8.36. The number of halogens is 1. The molecule has 6 nitrogen and oxygen atoms in total. The third kappa shape index (κ3) is 3.65. The average molecular weight is 367 g/mol. The van der Waals surface area contributed by atoms with Gasteiger partial charge in [0.15, 0.2) is 0 Å². The summed E-state index contributed by atoms with van der Waals surface area (Å²) in [7, 11) is 1.80. The van der Waals surface area contributed by atoms with E-state index in [2.05, 4.69) is 5.32 Å². The van der Waals surface area contributed by atoms with Crippen LogP contribution in [0.15, 0.2) is 35.1 Å². The van der Waals surface area contributed by atoms with E-state index in [1.165, 1.54) is 0 Å². The molecule has 25 heavy (non-hydrogen) atoms. The number of aromatic nitrogens is 2. The largest absolute Gasteiger partial charge is 0.329 e. The first-order valence-electron chi connectivity index (χ1n) is 8.27. The maximum Gasteiger partial charge on any atom is 0.295 e. The molecular weight excluding hydrogens is 340 g/mol. The molecular formula is C18H27ClN4O2. The minimum Gasteiger partial charge on any atom is -0.329 e. The lowest BCUT2D eigenvalue weighted by Crippen LogP contribution is -2.42. The lowest BCUT2D eigenvalue weighted by molar-refractivity contribution is -0.125. The van der Waals surface area contributed by atoms with Gasteiger partial charge in [-0.1, -0.05) is 32.0 Å². The van der Waals surface area contributed by atoms with Crippen molar-refractivity contribution in [2.45, 2.75) is 33.6 Å². The summed E-state index contributed by atoms with van der Waals surface area (Å²) >= 11 is 0. The van der Waals surface area contributed by atoms with Crippen molar-refractivity contribution in [3.63, 3.8) is 0 Å². The number of rotatable bonds is 6. The zero-order valence-electron chi connectivity index (χ0n) is 15.2. The molecule has 0 atom stereocenters. The first-order valence-corrected chi connectivity index (χ1v) is 8.27. The first-order chi connectivity index (χ1) is 11.4. The fourth-order valence-electron chi connectivity index (χ4n) is 2.91. The number of nitrogens with two attached hydrogens (primary N) is 1. The molecule has 0 bridgehead atoms. The molecule has 1 heterocycles. The number of carbonyl (C=O) groups excluding carboxylic acids is 1. The van der Waals surface area contributed by atoms with Crippen LogP contribution in [0.25, 0.3) is 5.69 Å². The van der Waals surface area contributed by atoms with Crippen molar-refractivity contribution in [1.82, 2.24) is 9.36 Å². The van der Waals surface area contributed by atoms with Crippen LogP contribution in [0.2, 0.25) is 0 Å². The molecule has 138 valence electrons. The number of nitrogens with zero attached hydrogens (tertiary/aromatic N) is 2. The van der Waals surface area contributed by atoms with E-state index in [1.54, 1.807) is 16.4 Å². The average Bonchev–Trinajstić information content (AvgIpc) is 2.81. The van der Waals surface area contributed by atoms with Gasteiger partial charge < -0.3 is 11.1 Å². The molecule has 0 saturated heterocycles. The van der Waals surface area contributed by atoms with E-state index in [4.69, 9.17) is 5.73 Å². The maximum atomic E-state index is 12.8. The first kappa shape index (κ1) is 21.0. The van der Waals surface area contributed by atoms with E-state index < -0.39 is 5.41 Å². The minimum absolute atomic E-state index is 0. The minimum atomic E-state index is -0.647. The number of anilines is 1. The third-order valence-corrected chi connectivity index (χ3v) is 5.02. The van der Waals surface area contributed by atoms with Gasteiger partial charge in [0, 0.05) is 13.6 Å². The summed E-state index contributed by atoms with van der Waals surface area (Å²) in [4.78, 5) is 25.6. The highest BCUT2D eigenvalue weighted by Crippen LogP contribution is 2.27. The van der Waals surface area contributed by atoms with Crippen molar-refractivity contribution in [3.8, 4) is 5.69 Å². The van der Waals surface area contributed by atoms with Crippen LogP contribution >= 0.6 is 12.4 Å². The van der Waals surface area contributed by atoms with Crippen LogP contribution in [0, 0.1) is 12.3 Å². The number of nitrogens with one attached hydrogen (secondary N) is 1. The summed E-state index contributed by atoms with van der Waals surface area (Å²) in [5, 5.41) is 2.83. The molecule has 0 fully saturated rings. The number of hydrogen-bond acceptors (Lipinski definition) is 3. The lowest BCUT2D eigenvalue weighted by atomic mass is 9.81. The summed E-state index contributed by atoms with van der Waals surface area (Å²) in [6, 6.07) is 9.35. The van der Waals surface area contributed by atoms with Gasteiger partial charge in [0.25, 0.3) is 5.56 Å². The van der Waals surface area contributed by atoms with Crippen molar-refractivity contribution >= 4 is 24.0 Å². The summed E-state index contributed by atoms with van der Waals surface area (Å²) < 4.78 is 3.29. The van der Waals surface area contributed by atoms with Crippen molar-refractivity contribution in [2.24, 2.45) is 18.2 Å². The summed E-state index contributed by atoms with van der Waals surface area (Å²) in [5.41, 5.74) is 6.72. The van der Waals surface area contributed by atoms with Crippen LogP contribution in [0.3, 0.4) is 0 Å². The Hall–Kier alpha value is -2.05.